The first kappa shape index (κ1) is 23.9. The van der Waals surface area contributed by atoms with Gasteiger partial charge in [0.25, 0.3) is 0 Å². The van der Waals surface area contributed by atoms with E-state index in [9.17, 15) is 14.4 Å². The number of cyclic esters (lactones) is 2. The number of hydrogen-bond donors (Lipinski definition) is 0. The van der Waals surface area contributed by atoms with Crippen molar-refractivity contribution in [3.05, 3.63) is 36.0 Å². The summed E-state index contributed by atoms with van der Waals surface area (Å²) in [5.74, 6) is -1.51. The Labute approximate surface area is 209 Å². The van der Waals surface area contributed by atoms with E-state index in [0.717, 1.165) is 6.42 Å². The number of rotatable bonds is 0. The van der Waals surface area contributed by atoms with Gasteiger partial charge in [0.05, 0.1) is 30.8 Å². The van der Waals surface area contributed by atoms with Crippen LogP contribution in [0, 0.1) is 10.8 Å². The van der Waals surface area contributed by atoms with Crippen LogP contribution in [0.4, 0.5) is 0 Å². The fourth-order valence-electron chi connectivity index (χ4n) is 6.98. The third-order valence-electron chi connectivity index (χ3n) is 9.47. The minimum absolute atomic E-state index is 0.0974. The predicted molar refractivity (Wildman–Crippen MR) is 123 cm³/mol. The van der Waals surface area contributed by atoms with Crippen molar-refractivity contribution >= 4 is 17.9 Å². The Morgan fingerprint density at radius 2 is 1.69 bits per heavy atom. The lowest BCUT2D eigenvalue weighted by Crippen LogP contribution is -2.66. The molecule has 1 unspecified atom stereocenters. The molecule has 6 aliphatic rings. The maximum Gasteiger partial charge on any atom is 0.338 e. The molecule has 36 heavy (non-hydrogen) atoms. The molecule has 2 aliphatic carbocycles. The van der Waals surface area contributed by atoms with Gasteiger partial charge in [0.2, 0.25) is 0 Å². The van der Waals surface area contributed by atoms with Crippen molar-refractivity contribution in [3.8, 4) is 0 Å². The molecule has 2 spiro atoms. The van der Waals surface area contributed by atoms with Crippen LogP contribution in [0.15, 0.2) is 36.0 Å². The average Bonchev–Trinajstić information content (AvgIpc) is 3.74. The zero-order valence-electron chi connectivity index (χ0n) is 20.8. The van der Waals surface area contributed by atoms with Gasteiger partial charge < -0.3 is 28.4 Å². The Morgan fingerprint density at radius 1 is 0.944 bits per heavy atom. The second-order valence-corrected chi connectivity index (χ2v) is 11.3. The maximum absolute atomic E-state index is 13.1. The fraction of sp³-hybridized carbons (Fsp3) is 0.667. The van der Waals surface area contributed by atoms with Gasteiger partial charge in [-0.2, -0.15) is 0 Å². The highest BCUT2D eigenvalue weighted by atomic mass is 16.7. The molecule has 2 bridgehead atoms. The standard InChI is InChI=1S/C27H32O9/c1-16-8-9-26-14-32-23(30)22-24(2,36-22)10-11-31-20(28)6-4-5-7-21(29)35-17-13-19(34-18(26)12-16)27(15-33-27)25(17,26)3/h4-7,12,17-19,22H,8-11,13-15H2,1-3H3/b6-4+,7-5-/t17-,18-,19-,22-,24-,25-,26-,27?/m1/s1. The highest BCUT2D eigenvalue weighted by Crippen LogP contribution is 2.72. The van der Waals surface area contributed by atoms with E-state index in [2.05, 4.69) is 19.9 Å². The molecule has 6 rings (SSSR count). The number of ether oxygens (including phenoxy) is 6. The van der Waals surface area contributed by atoms with Crippen LogP contribution < -0.4 is 0 Å². The van der Waals surface area contributed by atoms with Crippen LogP contribution in [-0.4, -0.2) is 73.3 Å². The first-order chi connectivity index (χ1) is 17.1. The zero-order chi connectivity index (χ0) is 25.3. The van der Waals surface area contributed by atoms with Crippen LogP contribution in [0.3, 0.4) is 0 Å². The molecule has 3 saturated heterocycles. The Bertz CT molecular complexity index is 1090. The van der Waals surface area contributed by atoms with E-state index in [1.54, 1.807) is 0 Å². The summed E-state index contributed by atoms with van der Waals surface area (Å²) in [5, 5.41) is 0. The van der Waals surface area contributed by atoms with E-state index in [-0.39, 0.29) is 25.4 Å². The first-order valence-electron chi connectivity index (χ1n) is 12.7. The van der Waals surface area contributed by atoms with Crippen LogP contribution >= 0.6 is 0 Å². The molecule has 0 aromatic rings. The van der Waals surface area contributed by atoms with E-state index in [0.29, 0.717) is 25.9 Å². The summed E-state index contributed by atoms with van der Waals surface area (Å²) in [5.41, 5.74) is -1.36. The maximum atomic E-state index is 13.1. The van der Waals surface area contributed by atoms with Gasteiger partial charge in [0, 0.05) is 30.4 Å². The Kier molecular flexibility index (Phi) is 5.31. The van der Waals surface area contributed by atoms with E-state index in [4.69, 9.17) is 28.4 Å². The van der Waals surface area contributed by atoms with Crippen LogP contribution in [0.2, 0.25) is 0 Å². The monoisotopic (exact) mass is 500 g/mol. The number of carbonyl (C=O) groups excluding carboxylic acids is 3. The summed E-state index contributed by atoms with van der Waals surface area (Å²) in [7, 11) is 0. The highest BCUT2D eigenvalue weighted by Gasteiger charge is 2.83. The first-order valence-corrected chi connectivity index (χ1v) is 12.7. The molecule has 0 N–H and O–H groups in total. The van der Waals surface area contributed by atoms with Gasteiger partial charge in [0.1, 0.15) is 23.9 Å². The molecule has 9 heteroatoms. The Hall–Kier alpha value is -2.49. The predicted octanol–water partition coefficient (Wildman–Crippen LogP) is 2.33. The molecule has 1 saturated carbocycles. The summed E-state index contributed by atoms with van der Waals surface area (Å²) in [6.07, 6.45) is 8.23. The molecular weight excluding hydrogens is 468 g/mol. The van der Waals surface area contributed by atoms with E-state index < -0.39 is 52.1 Å². The summed E-state index contributed by atoms with van der Waals surface area (Å²) < 4.78 is 35.6. The van der Waals surface area contributed by atoms with Crippen molar-refractivity contribution in [1.29, 1.82) is 0 Å². The summed E-state index contributed by atoms with van der Waals surface area (Å²) in [6.45, 7) is 6.71. The molecular formula is C27H32O9. The van der Waals surface area contributed by atoms with Gasteiger partial charge in [-0.1, -0.05) is 30.7 Å². The topological polar surface area (TPSA) is 113 Å². The van der Waals surface area contributed by atoms with Crippen molar-refractivity contribution in [2.24, 2.45) is 10.8 Å². The quantitative estimate of drug-likeness (QED) is 0.214. The number of esters is 3. The Balaban J connectivity index is 1.37. The fourth-order valence-corrected chi connectivity index (χ4v) is 6.98. The molecule has 0 aromatic heterocycles. The van der Waals surface area contributed by atoms with Crippen LogP contribution in [0.5, 0.6) is 0 Å². The van der Waals surface area contributed by atoms with Crippen molar-refractivity contribution in [2.45, 2.75) is 82.1 Å². The highest BCUT2D eigenvalue weighted by molar-refractivity contribution is 5.84. The second kappa shape index (κ2) is 8.00. The van der Waals surface area contributed by atoms with Gasteiger partial charge >= 0.3 is 17.9 Å². The third kappa shape index (κ3) is 3.35. The minimum Gasteiger partial charge on any atom is -0.463 e. The SMILES string of the molecule is CC1=C[C@H]2O[C@@H]3C[C@H]4OC(=O)/C=C\C=C\C(=O)OCC[C@@]5(C)O[C@@H]5C(=O)OC[C@@]2(CC1)[C@]4(C)C31CO1. The van der Waals surface area contributed by atoms with Gasteiger partial charge in [-0.25, -0.2) is 14.4 Å². The lowest BCUT2D eigenvalue weighted by atomic mass is 9.51. The molecule has 8 atom stereocenters. The van der Waals surface area contributed by atoms with Crippen LogP contribution in [0.25, 0.3) is 0 Å². The summed E-state index contributed by atoms with van der Waals surface area (Å²) >= 11 is 0. The molecule has 4 aliphatic heterocycles. The van der Waals surface area contributed by atoms with Gasteiger partial charge in [-0.05, 0) is 26.7 Å². The largest absolute Gasteiger partial charge is 0.463 e. The molecule has 0 radical (unpaired) electrons. The van der Waals surface area contributed by atoms with Crippen LogP contribution in [0.1, 0.15) is 46.5 Å². The number of epoxide rings is 2. The Morgan fingerprint density at radius 3 is 2.44 bits per heavy atom. The zero-order valence-corrected chi connectivity index (χ0v) is 20.8. The third-order valence-corrected chi connectivity index (χ3v) is 9.47. The number of carbonyl (C=O) groups is 3. The van der Waals surface area contributed by atoms with Crippen molar-refractivity contribution < 1.29 is 42.8 Å². The van der Waals surface area contributed by atoms with Crippen molar-refractivity contribution in [1.82, 2.24) is 0 Å². The van der Waals surface area contributed by atoms with E-state index in [1.807, 2.05) is 6.92 Å². The smallest absolute Gasteiger partial charge is 0.338 e. The number of hydrogen-bond acceptors (Lipinski definition) is 9. The molecule has 194 valence electrons. The van der Waals surface area contributed by atoms with Gasteiger partial charge in [-0.3, -0.25) is 0 Å². The van der Waals surface area contributed by atoms with Crippen LogP contribution in [-0.2, 0) is 42.8 Å². The van der Waals surface area contributed by atoms with E-state index in [1.165, 1.54) is 29.9 Å². The average molecular weight is 501 g/mol. The molecule has 9 nitrogen and oxygen atoms in total. The van der Waals surface area contributed by atoms with Crippen molar-refractivity contribution in [3.63, 3.8) is 0 Å². The minimum atomic E-state index is -0.739. The normalized spacial score (nSPS) is 49.8. The van der Waals surface area contributed by atoms with Crippen molar-refractivity contribution in [2.75, 3.05) is 19.8 Å². The summed E-state index contributed by atoms with van der Waals surface area (Å²) in [4.78, 5) is 37.8. The number of fused-ring (bicyclic) bond motifs is 1. The molecule has 4 heterocycles. The molecule has 4 fully saturated rings. The summed E-state index contributed by atoms with van der Waals surface area (Å²) in [6, 6.07) is 0. The van der Waals surface area contributed by atoms with E-state index >= 15 is 0 Å². The van der Waals surface area contributed by atoms with Gasteiger partial charge in [0.15, 0.2) is 6.10 Å². The lowest BCUT2D eigenvalue weighted by Gasteiger charge is -2.58. The lowest BCUT2D eigenvalue weighted by molar-refractivity contribution is -0.233. The second-order valence-electron chi connectivity index (χ2n) is 11.3. The number of allylic oxidation sites excluding steroid dienone is 3. The molecule has 0 amide bonds. The van der Waals surface area contributed by atoms with Gasteiger partial charge in [-0.15, -0.1) is 0 Å². The molecule has 0 aromatic carbocycles.